The van der Waals surface area contributed by atoms with Crippen LogP contribution in [0.2, 0.25) is 0 Å². The summed E-state index contributed by atoms with van der Waals surface area (Å²) in [5, 5.41) is 54.5. The number of imide groups is 1. The van der Waals surface area contributed by atoms with Crippen molar-refractivity contribution in [3.63, 3.8) is 0 Å². The Morgan fingerprint density at radius 1 is 1.24 bits per heavy atom. The van der Waals surface area contributed by atoms with Crippen molar-refractivity contribution < 1.29 is 24.6 Å². The van der Waals surface area contributed by atoms with Crippen LogP contribution in [-0.2, 0) is 11.2 Å². The number of amides is 4. The van der Waals surface area contributed by atoms with Crippen LogP contribution >= 0.6 is 0 Å². The Labute approximate surface area is 211 Å². The quantitative estimate of drug-likeness (QED) is 0.145. The molecule has 196 valence electrons. The monoisotopic (exact) mass is 512 g/mol. The first-order valence-corrected chi connectivity index (χ1v) is 12.0. The topological polar surface area (TPSA) is 209 Å². The average Bonchev–Trinajstić information content (AvgIpc) is 3.57. The number of carbonyl (C=O) groups excluding carboxylic acids is 3. The van der Waals surface area contributed by atoms with Crippen LogP contribution in [0.4, 0.5) is 10.5 Å². The highest BCUT2D eigenvalue weighted by atomic mass is 16.5. The Kier molecular flexibility index (Phi) is 4.84. The van der Waals surface area contributed by atoms with Crippen molar-refractivity contribution in [1.29, 1.82) is 10.8 Å². The molecule has 0 saturated carbocycles. The third-order valence-electron chi connectivity index (χ3n) is 7.90. The smallest absolute Gasteiger partial charge is 0.327 e. The number of urea groups is 1. The minimum Gasteiger partial charge on any atom is -0.384 e. The zero-order valence-electron chi connectivity index (χ0n) is 20.0. The number of guanidine groups is 2. The van der Waals surface area contributed by atoms with Gasteiger partial charge in [0.05, 0.1) is 29.9 Å². The van der Waals surface area contributed by atoms with E-state index in [4.69, 9.17) is 10.8 Å². The Bertz CT molecular complexity index is 1250. The molecule has 5 aliphatic rings. The van der Waals surface area contributed by atoms with Crippen LogP contribution in [0.25, 0.3) is 0 Å². The van der Waals surface area contributed by atoms with E-state index in [0.717, 1.165) is 16.9 Å². The molecular formula is C22H28N10O5. The van der Waals surface area contributed by atoms with Gasteiger partial charge in [-0.2, -0.15) is 0 Å². The lowest BCUT2D eigenvalue weighted by Gasteiger charge is -2.51. The van der Waals surface area contributed by atoms with E-state index in [1.54, 1.807) is 12.1 Å². The zero-order chi connectivity index (χ0) is 26.3. The second-order valence-corrected chi connectivity index (χ2v) is 10.0. The molecule has 15 nitrogen and oxygen atoms in total. The molecular weight excluding hydrogens is 484 g/mol. The summed E-state index contributed by atoms with van der Waals surface area (Å²) in [7, 11) is 1.50. The van der Waals surface area contributed by atoms with Gasteiger partial charge in [-0.3, -0.25) is 25.3 Å². The molecule has 5 aliphatic heterocycles. The molecule has 6 rings (SSSR count). The summed E-state index contributed by atoms with van der Waals surface area (Å²) in [6.45, 7) is 0.303. The normalized spacial score (nSPS) is 31.3. The van der Waals surface area contributed by atoms with Gasteiger partial charge in [0.15, 0.2) is 17.6 Å². The van der Waals surface area contributed by atoms with E-state index in [1.807, 2.05) is 6.07 Å². The summed E-state index contributed by atoms with van der Waals surface area (Å²) >= 11 is 0. The molecule has 4 fully saturated rings. The fourth-order valence-corrected chi connectivity index (χ4v) is 6.14. The van der Waals surface area contributed by atoms with E-state index in [-0.39, 0.29) is 31.6 Å². The summed E-state index contributed by atoms with van der Waals surface area (Å²) in [5.74, 6) is -4.01. The van der Waals surface area contributed by atoms with Crippen LogP contribution in [0.3, 0.4) is 0 Å². The standard InChI is InChI=1S/C22H28N10O5/c1-30-9-14(33)31(20(30)35)7-12-16-21(29-18(23)28-16)22(36,37)13(8-32(21)19(24)26-12)27-17(34)11-4-2-3-10-5-6-25-15(10)11/h2-4,12-13,16,25,36-37H,5-9H2,1H3,(H2,24,26)(H,27,34)(H3,23,28,29). The lowest BCUT2D eigenvalue weighted by molar-refractivity contribution is -0.232. The number of rotatable bonds is 4. The largest absolute Gasteiger partial charge is 0.384 e. The number of aliphatic hydroxyl groups is 2. The Morgan fingerprint density at radius 2 is 2.03 bits per heavy atom. The van der Waals surface area contributed by atoms with Gasteiger partial charge in [-0.05, 0) is 18.1 Å². The zero-order valence-corrected chi connectivity index (χ0v) is 20.0. The number of fused-ring (bicyclic) bond motifs is 1. The van der Waals surface area contributed by atoms with Crippen LogP contribution in [0, 0.1) is 10.8 Å². The van der Waals surface area contributed by atoms with Gasteiger partial charge in [-0.15, -0.1) is 0 Å². The maximum atomic E-state index is 13.3. The first-order chi connectivity index (χ1) is 17.5. The summed E-state index contributed by atoms with van der Waals surface area (Å²) in [6, 6.07) is 1.79. The number of nitrogens with one attached hydrogen (secondary N) is 7. The Morgan fingerprint density at radius 3 is 2.76 bits per heavy atom. The number of nitrogens with zero attached hydrogens (tertiary/aromatic N) is 3. The van der Waals surface area contributed by atoms with Gasteiger partial charge in [0.25, 0.3) is 5.91 Å². The number of likely N-dealkylation sites (N-methyl/N-ethyl adjacent to an activating group) is 1. The van der Waals surface area contributed by atoms with Gasteiger partial charge in [0, 0.05) is 20.1 Å². The first kappa shape index (κ1) is 23.3. The molecule has 37 heavy (non-hydrogen) atoms. The highest BCUT2D eigenvalue weighted by molar-refractivity contribution is 6.02. The van der Waals surface area contributed by atoms with Crippen molar-refractivity contribution in [2.24, 2.45) is 0 Å². The molecule has 1 aromatic carbocycles. The highest BCUT2D eigenvalue weighted by Crippen LogP contribution is 2.43. The summed E-state index contributed by atoms with van der Waals surface area (Å²) in [4.78, 5) is 41.8. The Balaban J connectivity index is 1.31. The fraction of sp³-hybridized carbons (Fsp3) is 0.500. The maximum absolute atomic E-state index is 13.3. The van der Waals surface area contributed by atoms with Crippen LogP contribution in [-0.4, -0.2) is 117 Å². The van der Waals surface area contributed by atoms with E-state index in [2.05, 4.69) is 26.6 Å². The van der Waals surface area contributed by atoms with Gasteiger partial charge in [-0.1, -0.05) is 12.1 Å². The van der Waals surface area contributed by atoms with Crippen molar-refractivity contribution in [3.05, 3.63) is 29.3 Å². The second kappa shape index (κ2) is 7.69. The van der Waals surface area contributed by atoms with Gasteiger partial charge in [-0.25, -0.2) is 4.79 Å². The molecule has 4 unspecified atom stereocenters. The van der Waals surface area contributed by atoms with Crippen LogP contribution in [0.5, 0.6) is 0 Å². The maximum Gasteiger partial charge on any atom is 0.327 e. The molecule has 0 aliphatic carbocycles. The van der Waals surface area contributed by atoms with Gasteiger partial charge in [0.1, 0.15) is 12.6 Å². The molecule has 0 radical (unpaired) electrons. The summed E-state index contributed by atoms with van der Waals surface area (Å²) in [6.07, 6.45) is 0.780. The third kappa shape index (κ3) is 3.10. The van der Waals surface area contributed by atoms with Crippen molar-refractivity contribution >= 4 is 35.5 Å². The number of hydrogen-bond donors (Lipinski definition) is 9. The number of para-hydroxylation sites is 1. The van der Waals surface area contributed by atoms with E-state index >= 15 is 0 Å². The van der Waals surface area contributed by atoms with E-state index in [1.165, 1.54) is 16.8 Å². The molecule has 4 amide bonds. The molecule has 4 atom stereocenters. The number of hydrogen-bond acceptors (Lipinski definition) is 8. The van der Waals surface area contributed by atoms with E-state index in [0.29, 0.717) is 17.8 Å². The van der Waals surface area contributed by atoms with Crippen LogP contribution in [0.1, 0.15) is 15.9 Å². The first-order valence-electron chi connectivity index (χ1n) is 12.0. The van der Waals surface area contributed by atoms with Crippen molar-refractivity contribution in [3.8, 4) is 0 Å². The fourth-order valence-electron chi connectivity index (χ4n) is 6.14. The molecule has 0 bridgehead atoms. The van der Waals surface area contributed by atoms with Gasteiger partial charge < -0.3 is 46.6 Å². The highest BCUT2D eigenvalue weighted by Gasteiger charge is 2.74. The van der Waals surface area contributed by atoms with E-state index < -0.39 is 47.4 Å². The summed E-state index contributed by atoms with van der Waals surface area (Å²) < 4.78 is 0. The SMILES string of the molecule is CN1CC(=O)N(CC2NC(=N)N3CC(NC(=O)c4cccc5c4NCC5)C(O)(O)C34NC(=N)NC24)C1=O. The molecule has 15 heteroatoms. The average molecular weight is 513 g/mol. The molecule has 0 aromatic heterocycles. The molecule has 4 saturated heterocycles. The van der Waals surface area contributed by atoms with Crippen molar-refractivity contribution in [2.45, 2.75) is 36.0 Å². The summed E-state index contributed by atoms with van der Waals surface area (Å²) in [5.41, 5.74) is 0.241. The minimum atomic E-state index is -2.66. The van der Waals surface area contributed by atoms with Crippen molar-refractivity contribution in [1.82, 2.24) is 36.0 Å². The second-order valence-electron chi connectivity index (χ2n) is 10.0. The van der Waals surface area contributed by atoms with Gasteiger partial charge >= 0.3 is 6.03 Å². The molecule has 5 heterocycles. The molecule has 1 aromatic rings. The molecule has 1 spiro atoms. The lowest BCUT2D eigenvalue weighted by atomic mass is 9.84. The van der Waals surface area contributed by atoms with Crippen molar-refractivity contribution in [2.75, 3.05) is 38.5 Å². The predicted molar refractivity (Wildman–Crippen MR) is 129 cm³/mol. The number of benzene rings is 1. The molecule has 9 N–H and O–H groups in total. The van der Waals surface area contributed by atoms with Crippen LogP contribution < -0.4 is 26.6 Å². The van der Waals surface area contributed by atoms with Crippen LogP contribution in [0.15, 0.2) is 18.2 Å². The van der Waals surface area contributed by atoms with Gasteiger partial charge in [0.2, 0.25) is 11.7 Å². The lowest BCUT2D eigenvalue weighted by Crippen LogP contribution is -2.81. The Hall–Kier alpha value is -4.11. The van der Waals surface area contributed by atoms with E-state index in [9.17, 15) is 24.6 Å². The predicted octanol–water partition coefficient (Wildman–Crippen LogP) is -3.26. The number of anilines is 1. The number of carbonyl (C=O) groups is 3. The third-order valence-corrected chi connectivity index (χ3v) is 7.90. The minimum absolute atomic E-state index is 0.0808.